The van der Waals surface area contributed by atoms with Crippen LogP contribution in [0.5, 0.6) is 0 Å². The fourth-order valence-electron chi connectivity index (χ4n) is 2.27. The van der Waals surface area contributed by atoms with Crippen molar-refractivity contribution in [3.63, 3.8) is 0 Å². The minimum absolute atomic E-state index is 0.353. The lowest BCUT2D eigenvalue weighted by molar-refractivity contribution is -0.107. The molecule has 3 heteroatoms. The molecule has 0 saturated heterocycles. The number of carbonyl (C=O) groups is 1. The van der Waals surface area contributed by atoms with Gasteiger partial charge in [-0.1, -0.05) is 50.9 Å². The molecule has 0 fully saturated rings. The minimum atomic E-state index is -0.353. The van der Waals surface area contributed by atoms with Gasteiger partial charge in [0.2, 0.25) is 6.29 Å². The highest BCUT2D eigenvalue weighted by molar-refractivity contribution is 5.48. The molecule has 0 aliphatic rings. The largest absolute Gasteiger partial charge is 0.342 e. The van der Waals surface area contributed by atoms with Crippen molar-refractivity contribution in [2.75, 3.05) is 13.2 Å². The number of hydrogen-bond donors (Lipinski definition) is 0. The van der Waals surface area contributed by atoms with Crippen molar-refractivity contribution in [3.8, 4) is 11.8 Å². The van der Waals surface area contributed by atoms with Gasteiger partial charge in [0.15, 0.2) is 0 Å². The Labute approximate surface area is 137 Å². The molecular formula is C19H34O3. The highest BCUT2D eigenvalue weighted by atomic mass is 16.7. The molecule has 0 unspecified atom stereocenters. The number of ether oxygens (including phenoxy) is 2. The summed E-state index contributed by atoms with van der Waals surface area (Å²) in [5, 5.41) is 0. The predicted molar refractivity (Wildman–Crippen MR) is 91.7 cm³/mol. The van der Waals surface area contributed by atoms with Crippen molar-refractivity contribution in [3.05, 3.63) is 0 Å². The summed E-state index contributed by atoms with van der Waals surface area (Å²) in [5.74, 6) is 6.20. The third-order valence-electron chi connectivity index (χ3n) is 3.48. The van der Waals surface area contributed by atoms with Gasteiger partial charge in [-0.15, -0.1) is 0 Å². The first-order chi connectivity index (χ1) is 10.8. The molecule has 128 valence electrons. The van der Waals surface area contributed by atoms with Crippen molar-refractivity contribution < 1.29 is 14.3 Å². The molecule has 0 atom stereocenters. The lowest BCUT2D eigenvalue weighted by Gasteiger charge is -2.09. The molecule has 0 saturated carbocycles. The van der Waals surface area contributed by atoms with Crippen molar-refractivity contribution in [1.29, 1.82) is 0 Å². The molecule has 0 aromatic carbocycles. The van der Waals surface area contributed by atoms with E-state index in [0.717, 1.165) is 32.0 Å². The van der Waals surface area contributed by atoms with E-state index < -0.39 is 0 Å². The van der Waals surface area contributed by atoms with E-state index in [0.29, 0.717) is 13.2 Å². The Balaban J connectivity index is 3.34. The van der Waals surface area contributed by atoms with Gasteiger partial charge in [0, 0.05) is 26.1 Å². The van der Waals surface area contributed by atoms with Gasteiger partial charge in [-0.25, -0.2) is 0 Å². The Morgan fingerprint density at radius 3 is 1.82 bits per heavy atom. The summed E-state index contributed by atoms with van der Waals surface area (Å²) < 4.78 is 10.7. The molecule has 0 spiro atoms. The van der Waals surface area contributed by atoms with E-state index in [2.05, 4.69) is 11.8 Å². The van der Waals surface area contributed by atoms with Crippen molar-refractivity contribution in [2.45, 2.75) is 90.8 Å². The zero-order valence-electron chi connectivity index (χ0n) is 14.6. The van der Waals surface area contributed by atoms with E-state index >= 15 is 0 Å². The maximum atomic E-state index is 10.2. The Morgan fingerprint density at radius 2 is 1.32 bits per heavy atom. The maximum Gasteiger partial charge on any atom is 0.222 e. The fourth-order valence-corrected chi connectivity index (χ4v) is 2.27. The lowest BCUT2D eigenvalue weighted by atomic mass is 10.1. The molecule has 0 amide bonds. The van der Waals surface area contributed by atoms with Crippen molar-refractivity contribution in [1.82, 2.24) is 0 Å². The van der Waals surface area contributed by atoms with Gasteiger partial charge >= 0.3 is 0 Å². The maximum absolute atomic E-state index is 10.2. The predicted octanol–water partition coefficient (Wildman–Crippen LogP) is 4.88. The van der Waals surface area contributed by atoms with Gasteiger partial charge in [0.25, 0.3) is 0 Å². The van der Waals surface area contributed by atoms with Crippen LogP contribution in [0.2, 0.25) is 0 Å². The first-order valence-corrected chi connectivity index (χ1v) is 9.00. The van der Waals surface area contributed by atoms with Crippen LogP contribution in [0.3, 0.4) is 0 Å². The highest BCUT2D eigenvalue weighted by Gasteiger charge is 2.00. The first-order valence-electron chi connectivity index (χ1n) is 9.00. The van der Waals surface area contributed by atoms with E-state index in [9.17, 15) is 4.79 Å². The second kappa shape index (κ2) is 18.2. The Hall–Kier alpha value is -0.850. The topological polar surface area (TPSA) is 35.5 Å². The van der Waals surface area contributed by atoms with Gasteiger partial charge in [0.1, 0.15) is 6.29 Å². The van der Waals surface area contributed by atoms with Crippen LogP contribution >= 0.6 is 0 Å². The molecule has 0 aliphatic heterocycles. The molecule has 3 nitrogen and oxygen atoms in total. The summed E-state index contributed by atoms with van der Waals surface area (Å²) in [4.78, 5) is 10.2. The summed E-state index contributed by atoms with van der Waals surface area (Å²) >= 11 is 0. The number of hydrogen-bond acceptors (Lipinski definition) is 3. The Kier molecular flexibility index (Phi) is 17.5. The molecule has 0 bridgehead atoms. The third-order valence-corrected chi connectivity index (χ3v) is 3.48. The molecule has 0 aromatic rings. The Morgan fingerprint density at radius 1 is 0.818 bits per heavy atom. The van der Waals surface area contributed by atoms with Gasteiger partial charge < -0.3 is 14.3 Å². The normalized spacial score (nSPS) is 10.5. The van der Waals surface area contributed by atoms with Crippen LogP contribution in [0.4, 0.5) is 0 Å². The molecule has 0 N–H and O–H groups in total. The van der Waals surface area contributed by atoms with Crippen LogP contribution in [-0.4, -0.2) is 25.8 Å². The van der Waals surface area contributed by atoms with Crippen molar-refractivity contribution >= 4 is 6.29 Å². The molecular weight excluding hydrogens is 276 g/mol. The Bertz CT molecular complexity index is 285. The van der Waals surface area contributed by atoms with E-state index in [1.54, 1.807) is 0 Å². The quantitative estimate of drug-likeness (QED) is 0.187. The van der Waals surface area contributed by atoms with E-state index in [1.165, 1.54) is 44.9 Å². The van der Waals surface area contributed by atoms with Crippen LogP contribution in [0.25, 0.3) is 0 Å². The highest BCUT2D eigenvalue weighted by Crippen LogP contribution is 2.10. The van der Waals surface area contributed by atoms with Gasteiger partial charge in [-0.2, -0.15) is 0 Å². The zero-order valence-corrected chi connectivity index (χ0v) is 14.6. The van der Waals surface area contributed by atoms with Gasteiger partial charge in [-0.3, -0.25) is 0 Å². The smallest absolute Gasteiger partial charge is 0.222 e. The summed E-state index contributed by atoms with van der Waals surface area (Å²) in [6, 6.07) is 0. The standard InChI is InChI=1S/C19H34O3/c1-3-21-19(22-4-2)17-15-13-11-9-7-5-6-8-10-12-14-16-18-20/h18-19H,3-14,16H2,1-2H3. The van der Waals surface area contributed by atoms with Crippen LogP contribution in [0.15, 0.2) is 0 Å². The van der Waals surface area contributed by atoms with E-state index in [1.807, 2.05) is 13.8 Å². The van der Waals surface area contributed by atoms with Crippen LogP contribution < -0.4 is 0 Å². The molecule has 0 radical (unpaired) electrons. The van der Waals surface area contributed by atoms with Crippen LogP contribution in [0, 0.1) is 11.8 Å². The molecule has 0 aliphatic carbocycles. The first kappa shape index (κ1) is 21.1. The number of unbranched alkanes of at least 4 members (excludes halogenated alkanes) is 10. The average Bonchev–Trinajstić information content (AvgIpc) is 2.52. The van der Waals surface area contributed by atoms with Crippen LogP contribution in [-0.2, 0) is 14.3 Å². The number of rotatable bonds is 15. The van der Waals surface area contributed by atoms with Crippen molar-refractivity contribution in [2.24, 2.45) is 0 Å². The SMILES string of the molecule is CCOC(C#CCCCCCCCCCCCC=O)OCC. The summed E-state index contributed by atoms with van der Waals surface area (Å²) in [6.45, 7) is 5.18. The molecule has 22 heavy (non-hydrogen) atoms. The zero-order chi connectivity index (χ0) is 16.3. The van der Waals surface area contributed by atoms with Gasteiger partial charge in [-0.05, 0) is 32.6 Å². The second-order valence-corrected chi connectivity index (χ2v) is 5.45. The minimum Gasteiger partial charge on any atom is -0.342 e. The second-order valence-electron chi connectivity index (χ2n) is 5.45. The summed E-state index contributed by atoms with van der Waals surface area (Å²) in [5.41, 5.74) is 0. The van der Waals surface area contributed by atoms with Gasteiger partial charge in [0.05, 0.1) is 0 Å². The third kappa shape index (κ3) is 15.5. The molecule has 0 rings (SSSR count). The number of aldehydes is 1. The van der Waals surface area contributed by atoms with E-state index in [-0.39, 0.29) is 6.29 Å². The number of carbonyl (C=O) groups excluding carboxylic acids is 1. The fraction of sp³-hybridized carbons (Fsp3) is 0.842. The average molecular weight is 310 g/mol. The summed E-state index contributed by atoms with van der Waals surface area (Å²) in [7, 11) is 0. The summed E-state index contributed by atoms with van der Waals surface area (Å²) in [6.07, 6.45) is 13.5. The molecule has 0 heterocycles. The monoisotopic (exact) mass is 310 g/mol. The van der Waals surface area contributed by atoms with E-state index in [4.69, 9.17) is 9.47 Å². The molecule has 0 aromatic heterocycles. The van der Waals surface area contributed by atoms with Crippen LogP contribution in [0.1, 0.15) is 84.5 Å². The lowest BCUT2D eigenvalue weighted by Crippen LogP contribution is -2.14.